The van der Waals surface area contributed by atoms with Gasteiger partial charge in [0.15, 0.2) is 0 Å². The molecule has 3 rings (SSSR count). The van der Waals surface area contributed by atoms with Gasteiger partial charge in [-0.2, -0.15) is 0 Å². The van der Waals surface area contributed by atoms with Gasteiger partial charge in [-0.05, 0) is 51.0 Å². The SMILES string of the molecule is O=C(O)C1CCCN1C1CCN(C(=O)CC2CCC2)CC1. The van der Waals surface area contributed by atoms with Crippen LogP contribution >= 0.6 is 0 Å². The monoisotopic (exact) mass is 294 g/mol. The molecule has 21 heavy (non-hydrogen) atoms. The molecule has 1 aliphatic carbocycles. The Morgan fingerprint density at radius 2 is 1.67 bits per heavy atom. The largest absolute Gasteiger partial charge is 0.480 e. The second-order valence-corrected chi connectivity index (χ2v) is 6.85. The summed E-state index contributed by atoms with van der Waals surface area (Å²) in [6.45, 7) is 2.51. The summed E-state index contributed by atoms with van der Waals surface area (Å²) in [7, 11) is 0. The van der Waals surface area contributed by atoms with E-state index in [9.17, 15) is 14.7 Å². The predicted octanol–water partition coefficient (Wildman–Crippen LogP) is 1.72. The first kappa shape index (κ1) is 14.8. The minimum absolute atomic E-state index is 0.299. The molecule has 2 heterocycles. The lowest BCUT2D eigenvalue weighted by atomic mass is 9.82. The van der Waals surface area contributed by atoms with Crippen LogP contribution in [0.1, 0.15) is 51.4 Å². The first-order valence-electron chi connectivity index (χ1n) is 8.41. The Bertz CT molecular complexity index is 400. The van der Waals surface area contributed by atoms with Crippen molar-refractivity contribution in [3.8, 4) is 0 Å². The van der Waals surface area contributed by atoms with E-state index in [1.165, 1.54) is 19.3 Å². The van der Waals surface area contributed by atoms with Gasteiger partial charge in [0.1, 0.15) is 6.04 Å². The number of carbonyl (C=O) groups is 2. The number of nitrogens with zero attached hydrogens (tertiary/aromatic N) is 2. The van der Waals surface area contributed by atoms with Crippen LogP contribution < -0.4 is 0 Å². The summed E-state index contributed by atoms with van der Waals surface area (Å²) in [5.41, 5.74) is 0. The number of aliphatic carboxylic acids is 1. The highest BCUT2D eigenvalue weighted by Crippen LogP contribution is 2.31. The molecule has 5 heteroatoms. The van der Waals surface area contributed by atoms with Crippen LogP contribution in [0.15, 0.2) is 0 Å². The molecular weight excluding hydrogens is 268 g/mol. The van der Waals surface area contributed by atoms with Crippen LogP contribution in [-0.4, -0.2) is 58.5 Å². The Labute approximate surface area is 126 Å². The molecule has 2 aliphatic heterocycles. The Morgan fingerprint density at radius 3 is 2.24 bits per heavy atom. The van der Waals surface area contributed by atoms with Gasteiger partial charge in [0.05, 0.1) is 0 Å². The number of hydrogen-bond donors (Lipinski definition) is 1. The molecule has 1 N–H and O–H groups in total. The van der Waals surface area contributed by atoms with E-state index in [4.69, 9.17) is 0 Å². The third-order valence-corrected chi connectivity index (χ3v) is 5.55. The van der Waals surface area contributed by atoms with Crippen LogP contribution in [0.3, 0.4) is 0 Å². The quantitative estimate of drug-likeness (QED) is 0.857. The second-order valence-electron chi connectivity index (χ2n) is 6.85. The summed E-state index contributed by atoms with van der Waals surface area (Å²) in [5.74, 6) is 0.260. The van der Waals surface area contributed by atoms with Crippen LogP contribution in [-0.2, 0) is 9.59 Å². The fourth-order valence-corrected chi connectivity index (χ4v) is 4.01. The van der Waals surface area contributed by atoms with Crippen molar-refractivity contribution < 1.29 is 14.7 Å². The Kier molecular flexibility index (Phi) is 4.48. The van der Waals surface area contributed by atoms with Gasteiger partial charge in [-0.1, -0.05) is 6.42 Å². The molecule has 0 spiro atoms. The van der Waals surface area contributed by atoms with Gasteiger partial charge in [-0.15, -0.1) is 0 Å². The number of carboxylic acid groups (broad SMARTS) is 1. The molecule has 3 aliphatic rings. The van der Waals surface area contributed by atoms with Crippen molar-refractivity contribution in [2.24, 2.45) is 5.92 Å². The van der Waals surface area contributed by atoms with Crippen LogP contribution in [0.25, 0.3) is 0 Å². The number of likely N-dealkylation sites (tertiary alicyclic amines) is 2. The van der Waals surface area contributed by atoms with Crippen molar-refractivity contribution in [2.45, 2.75) is 63.5 Å². The van der Waals surface area contributed by atoms with Crippen molar-refractivity contribution in [3.05, 3.63) is 0 Å². The van der Waals surface area contributed by atoms with Crippen molar-refractivity contribution in [2.75, 3.05) is 19.6 Å². The summed E-state index contributed by atoms with van der Waals surface area (Å²) in [4.78, 5) is 27.7. The molecule has 1 unspecified atom stereocenters. The highest BCUT2D eigenvalue weighted by Gasteiger charge is 2.37. The zero-order valence-electron chi connectivity index (χ0n) is 12.7. The first-order chi connectivity index (χ1) is 10.1. The summed E-state index contributed by atoms with van der Waals surface area (Å²) in [6.07, 6.45) is 8.07. The lowest BCUT2D eigenvalue weighted by Crippen LogP contribution is -2.50. The Balaban J connectivity index is 1.48. The zero-order chi connectivity index (χ0) is 14.8. The average molecular weight is 294 g/mol. The minimum Gasteiger partial charge on any atom is -0.480 e. The van der Waals surface area contributed by atoms with Crippen LogP contribution in [0.2, 0.25) is 0 Å². The van der Waals surface area contributed by atoms with E-state index in [1.54, 1.807) is 0 Å². The maximum atomic E-state index is 12.2. The van der Waals surface area contributed by atoms with E-state index in [0.29, 0.717) is 17.9 Å². The van der Waals surface area contributed by atoms with Crippen molar-refractivity contribution >= 4 is 11.9 Å². The summed E-state index contributed by atoms with van der Waals surface area (Å²) < 4.78 is 0. The molecule has 1 amide bonds. The second kappa shape index (κ2) is 6.34. The third-order valence-electron chi connectivity index (χ3n) is 5.55. The number of piperidine rings is 1. The number of carbonyl (C=O) groups excluding carboxylic acids is 1. The average Bonchev–Trinajstić information content (AvgIpc) is 2.92. The van der Waals surface area contributed by atoms with Gasteiger partial charge < -0.3 is 10.0 Å². The molecule has 1 atom stereocenters. The van der Waals surface area contributed by atoms with E-state index in [0.717, 1.165) is 51.7 Å². The van der Waals surface area contributed by atoms with Gasteiger partial charge in [-0.3, -0.25) is 14.5 Å². The standard InChI is InChI=1S/C16H26N2O3/c19-15(11-12-3-1-4-12)17-9-6-13(7-10-17)18-8-2-5-14(18)16(20)21/h12-14H,1-11H2,(H,20,21). The molecule has 0 aromatic rings. The molecule has 3 fully saturated rings. The first-order valence-corrected chi connectivity index (χ1v) is 8.41. The highest BCUT2D eigenvalue weighted by molar-refractivity contribution is 5.76. The smallest absolute Gasteiger partial charge is 0.320 e. The van der Waals surface area contributed by atoms with E-state index < -0.39 is 5.97 Å². The fourth-order valence-electron chi connectivity index (χ4n) is 4.01. The molecule has 1 saturated carbocycles. The topological polar surface area (TPSA) is 60.9 Å². The number of amides is 1. The lowest BCUT2D eigenvalue weighted by Gasteiger charge is -2.39. The molecule has 0 aromatic heterocycles. The summed E-state index contributed by atoms with van der Waals surface area (Å²) in [6, 6.07) is 0.0496. The van der Waals surface area contributed by atoms with Gasteiger partial charge >= 0.3 is 5.97 Å². The maximum absolute atomic E-state index is 12.2. The van der Waals surface area contributed by atoms with E-state index in [2.05, 4.69) is 4.90 Å². The van der Waals surface area contributed by atoms with E-state index >= 15 is 0 Å². The van der Waals surface area contributed by atoms with Gasteiger partial charge in [0.2, 0.25) is 5.91 Å². The predicted molar refractivity (Wildman–Crippen MR) is 78.9 cm³/mol. The molecule has 0 bridgehead atoms. The number of carboxylic acids is 1. The van der Waals surface area contributed by atoms with Crippen molar-refractivity contribution in [1.82, 2.24) is 9.80 Å². The van der Waals surface area contributed by atoms with Crippen molar-refractivity contribution in [3.63, 3.8) is 0 Å². The van der Waals surface area contributed by atoms with Crippen LogP contribution in [0.4, 0.5) is 0 Å². The summed E-state index contributed by atoms with van der Waals surface area (Å²) in [5, 5.41) is 9.28. The Morgan fingerprint density at radius 1 is 0.952 bits per heavy atom. The van der Waals surface area contributed by atoms with Crippen LogP contribution in [0.5, 0.6) is 0 Å². The van der Waals surface area contributed by atoms with E-state index in [-0.39, 0.29) is 6.04 Å². The van der Waals surface area contributed by atoms with E-state index in [1.807, 2.05) is 4.90 Å². The van der Waals surface area contributed by atoms with Gasteiger partial charge in [0, 0.05) is 25.6 Å². The molecule has 118 valence electrons. The van der Waals surface area contributed by atoms with Gasteiger partial charge in [0.25, 0.3) is 0 Å². The van der Waals surface area contributed by atoms with Crippen LogP contribution in [0, 0.1) is 5.92 Å². The minimum atomic E-state index is -0.684. The molecular formula is C16H26N2O3. The molecule has 2 saturated heterocycles. The van der Waals surface area contributed by atoms with Gasteiger partial charge in [-0.25, -0.2) is 0 Å². The zero-order valence-corrected chi connectivity index (χ0v) is 12.7. The lowest BCUT2D eigenvalue weighted by molar-refractivity contribution is -0.144. The number of rotatable bonds is 4. The van der Waals surface area contributed by atoms with Crippen molar-refractivity contribution in [1.29, 1.82) is 0 Å². The highest BCUT2D eigenvalue weighted by atomic mass is 16.4. The maximum Gasteiger partial charge on any atom is 0.320 e. The summed E-state index contributed by atoms with van der Waals surface area (Å²) >= 11 is 0. The Hall–Kier alpha value is -1.10. The fraction of sp³-hybridized carbons (Fsp3) is 0.875. The third kappa shape index (κ3) is 3.23. The molecule has 5 nitrogen and oxygen atoms in total. The number of hydrogen-bond acceptors (Lipinski definition) is 3. The normalized spacial score (nSPS) is 28.6. The molecule has 0 radical (unpaired) electrons. The molecule has 0 aromatic carbocycles.